The van der Waals surface area contributed by atoms with Crippen LogP contribution in [-0.2, 0) is 18.1 Å². The first-order chi connectivity index (χ1) is 18.2. The van der Waals surface area contributed by atoms with Crippen molar-refractivity contribution in [2.75, 3.05) is 49.6 Å². The van der Waals surface area contributed by atoms with Crippen molar-refractivity contribution in [3.63, 3.8) is 0 Å². The minimum absolute atomic E-state index is 0.164. The SMILES string of the molecule is O=P(OC(CCl)(CCCBr)CCCBr)(OC(CCl)(CCCBr)CCCBr)OC(CCl)(CCCBr)CCCBr. The zero-order chi connectivity index (χ0) is 29.0. The molecule has 0 fully saturated rings. The van der Waals surface area contributed by atoms with E-state index in [1.54, 1.807) is 0 Å². The minimum Gasteiger partial charge on any atom is -0.279 e. The highest BCUT2D eigenvalue weighted by atomic mass is 79.9. The molecular formula is C24H42Br6Cl3O4P. The Morgan fingerprint density at radius 2 is 0.632 bits per heavy atom. The first-order valence-corrected chi connectivity index (χ1v) is 22.7. The van der Waals surface area contributed by atoms with Crippen LogP contribution < -0.4 is 0 Å². The van der Waals surface area contributed by atoms with Gasteiger partial charge in [-0.2, -0.15) is 0 Å². The first-order valence-electron chi connectivity index (χ1n) is 12.9. The molecule has 0 N–H and O–H groups in total. The van der Waals surface area contributed by atoms with Gasteiger partial charge in [0, 0.05) is 32.0 Å². The van der Waals surface area contributed by atoms with Gasteiger partial charge in [-0.15, -0.1) is 34.8 Å². The van der Waals surface area contributed by atoms with Gasteiger partial charge in [0.15, 0.2) is 0 Å². The van der Waals surface area contributed by atoms with Crippen LogP contribution in [0.3, 0.4) is 0 Å². The Morgan fingerprint density at radius 1 is 0.447 bits per heavy atom. The van der Waals surface area contributed by atoms with E-state index in [0.717, 1.165) is 70.5 Å². The van der Waals surface area contributed by atoms with Gasteiger partial charge in [0.2, 0.25) is 0 Å². The van der Waals surface area contributed by atoms with Crippen LogP contribution in [0.15, 0.2) is 0 Å². The fourth-order valence-corrected chi connectivity index (χ4v) is 9.38. The molecule has 0 bridgehead atoms. The predicted octanol–water partition coefficient (Wildman–Crippen LogP) is 12.1. The molecule has 0 aliphatic heterocycles. The quantitative estimate of drug-likeness (QED) is 0.0608. The molecule has 4 nitrogen and oxygen atoms in total. The largest absolute Gasteiger partial charge is 0.476 e. The van der Waals surface area contributed by atoms with Crippen LogP contribution in [0.5, 0.6) is 0 Å². The van der Waals surface area contributed by atoms with E-state index < -0.39 is 24.6 Å². The van der Waals surface area contributed by atoms with Crippen LogP contribution >= 0.6 is 138 Å². The monoisotopic (exact) mass is 1000 g/mol. The molecule has 0 aromatic rings. The van der Waals surface area contributed by atoms with Gasteiger partial charge in [-0.05, 0) is 77.0 Å². The predicted molar refractivity (Wildman–Crippen MR) is 189 cm³/mol. The van der Waals surface area contributed by atoms with Crippen molar-refractivity contribution in [2.45, 2.75) is 93.9 Å². The maximum absolute atomic E-state index is 15.0. The molecule has 230 valence electrons. The summed E-state index contributed by atoms with van der Waals surface area (Å²) in [5.74, 6) is 0.491. The van der Waals surface area contributed by atoms with Crippen molar-refractivity contribution < 1.29 is 18.1 Å². The van der Waals surface area contributed by atoms with Crippen LogP contribution in [0, 0.1) is 0 Å². The van der Waals surface area contributed by atoms with Gasteiger partial charge < -0.3 is 0 Å². The molecule has 0 aliphatic rings. The summed E-state index contributed by atoms with van der Waals surface area (Å²) >= 11 is 40.9. The van der Waals surface area contributed by atoms with E-state index in [-0.39, 0.29) is 17.6 Å². The Labute approximate surface area is 296 Å². The lowest BCUT2D eigenvalue weighted by Gasteiger charge is -2.43. The average molecular weight is 1010 g/mol. The van der Waals surface area contributed by atoms with E-state index in [4.69, 9.17) is 48.4 Å². The van der Waals surface area contributed by atoms with Crippen LogP contribution in [0.1, 0.15) is 77.0 Å². The van der Waals surface area contributed by atoms with Crippen LogP contribution in [0.4, 0.5) is 0 Å². The number of phosphoric acid groups is 1. The molecule has 0 amide bonds. The number of hydrogen-bond acceptors (Lipinski definition) is 4. The summed E-state index contributed by atoms with van der Waals surface area (Å²) in [4.78, 5) is 0. The van der Waals surface area contributed by atoms with Crippen molar-refractivity contribution in [3.05, 3.63) is 0 Å². The maximum atomic E-state index is 15.0. The fourth-order valence-electron chi connectivity index (χ4n) is 4.22. The molecule has 0 atom stereocenters. The molecule has 0 spiro atoms. The lowest BCUT2D eigenvalue weighted by molar-refractivity contribution is -0.0646. The van der Waals surface area contributed by atoms with Crippen LogP contribution in [0.25, 0.3) is 0 Å². The zero-order valence-corrected chi connectivity index (χ0v) is 34.5. The Hall–Kier alpha value is 3.86. The summed E-state index contributed by atoms with van der Waals surface area (Å²) in [6.45, 7) is 0. The van der Waals surface area contributed by atoms with E-state index >= 15 is 4.57 Å². The van der Waals surface area contributed by atoms with E-state index in [2.05, 4.69) is 95.6 Å². The molecule has 0 aliphatic carbocycles. The Kier molecular flexibility index (Phi) is 26.6. The first kappa shape index (κ1) is 41.9. The Morgan fingerprint density at radius 3 is 0.763 bits per heavy atom. The fraction of sp³-hybridized carbons (Fsp3) is 1.00. The number of alkyl halides is 9. The van der Waals surface area contributed by atoms with Gasteiger partial charge in [0.05, 0.1) is 34.4 Å². The molecule has 0 radical (unpaired) electrons. The van der Waals surface area contributed by atoms with Gasteiger partial charge in [-0.25, -0.2) is 4.57 Å². The number of phosphoric ester groups is 1. The van der Waals surface area contributed by atoms with Crippen molar-refractivity contribution in [1.82, 2.24) is 0 Å². The maximum Gasteiger partial charge on any atom is 0.476 e. The molecule has 0 heterocycles. The number of hydrogen-bond donors (Lipinski definition) is 0. The molecule has 0 rings (SSSR count). The molecule has 0 aromatic heterocycles. The third-order valence-corrected chi connectivity index (χ3v) is 12.9. The zero-order valence-electron chi connectivity index (χ0n) is 21.8. The average Bonchev–Trinajstić information content (AvgIpc) is 2.93. The van der Waals surface area contributed by atoms with Crippen molar-refractivity contribution in [1.29, 1.82) is 0 Å². The second-order valence-corrected chi connectivity index (χ2v) is 16.4. The van der Waals surface area contributed by atoms with Gasteiger partial charge in [-0.1, -0.05) is 95.6 Å². The van der Waals surface area contributed by atoms with Crippen LogP contribution in [0.2, 0.25) is 0 Å². The van der Waals surface area contributed by atoms with E-state index in [1.165, 1.54) is 0 Å². The van der Waals surface area contributed by atoms with Crippen LogP contribution in [-0.4, -0.2) is 66.4 Å². The summed E-state index contributed by atoms with van der Waals surface area (Å²) in [5.41, 5.74) is -2.65. The Balaban J connectivity index is 6.75. The third-order valence-electron chi connectivity index (χ3n) is 6.24. The topological polar surface area (TPSA) is 44.8 Å². The third kappa shape index (κ3) is 16.3. The lowest BCUT2D eigenvalue weighted by Crippen LogP contribution is -2.42. The summed E-state index contributed by atoms with van der Waals surface area (Å²) in [5, 5.41) is 4.66. The molecule has 38 heavy (non-hydrogen) atoms. The second kappa shape index (κ2) is 24.1. The minimum atomic E-state index is -4.22. The second-order valence-electron chi connectivity index (χ2n) is 9.43. The van der Waals surface area contributed by atoms with Crippen molar-refractivity contribution in [3.8, 4) is 0 Å². The van der Waals surface area contributed by atoms with E-state index in [9.17, 15) is 0 Å². The highest BCUT2D eigenvalue weighted by molar-refractivity contribution is 9.10. The smallest absolute Gasteiger partial charge is 0.279 e. The van der Waals surface area contributed by atoms with Gasteiger partial charge in [0.25, 0.3) is 0 Å². The molecule has 0 aromatic carbocycles. The van der Waals surface area contributed by atoms with Gasteiger partial charge >= 0.3 is 7.82 Å². The van der Waals surface area contributed by atoms with Crippen molar-refractivity contribution >= 4 is 138 Å². The number of rotatable bonds is 27. The molecule has 14 heteroatoms. The number of halogens is 9. The van der Waals surface area contributed by atoms with E-state index in [0.29, 0.717) is 38.5 Å². The van der Waals surface area contributed by atoms with Gasteiger partial charge in [-0.3, -0.25) is 13.6 Å². The molecule has 0 saturated heterocycles. The van der Waals surface area contributed by atoms with Crippen molar-refractivity contribution in [2.24, 2.45) is 0 Å². The molecular weight excluding hydrogens is 969 g/mol. The summed E-state index contributed by atoms with van der Waals surface area (Å²) < 4.78 is 34.8. The van der Waals surface area contributed by atoms with E-state index in [1.807, 2.05) is 0 Å². The summed E-state index contributed by atoms with van der Waals surface area (Å²) in [6.07, 6.45) is 8.47. The summed E-state index contributed by atoms with van der Waals surface area (Å²) in [6, 6.07) is 0. The molecule has 0 unspecified atom stereocenters. The highest BCUT2D eigenvalue weighted by Gasteiger charge is 2.50. The standard InChI is InChI=1S/C24H42Br6Cl3O4P/c25-13-1-7-22(19-31,8-2-14-26)35-38(34,36-23(20-32,9-3-15-27)10-4-16-28)37-24(21-33,11-5-17-29)12-6-18-30/h1-21H2. The summed E-state index contributed by atoms with van der Waals surface area (Å²) in [7, 11) is -4.22. The van der Waals surface area contributed by atoms with Gasteiger partial charge in [0.1, 0.15) is 0 Å². The normalized spacial score (nSPS) is 13.4. The lowest BCUT2D eigenvalue weighted by atomic mass is 9.95. The highest BCUT2D eigenvalue weighted by Crippen LogP contribution is 2.62. The molecule has 0 saturated carbocycles. The Bertz CT molecular complexity index is 537.